The monoisotopic (exact) mass is 476 g/mol. The van der Waals surface area contributed by atoms with Crippen LogP contribution in [0.25, 0.3) is 60.5 Å². The minimum absolute atomic E-state index is 0.0678. The van der Waals surface area contributed by atoms with Crippen molar-refractivity contribution >= 4 is 32.6 Å². The molecule has 1 aromatic heterocycles. The van der Waals surface area contributed by atoms with Gasteiger partial charge in [0.2, 0.25) is 0 Å². The Hall–Kier alpha value is -4.69. The number of para-hydroxylation sites is 2. The van der Waals surface area contributed by atoms with Crippen molar-refractivity contribution in [2.24, 2.45) is 0 Å². The molecule has 36 heavy (non-hydrogen) atoms. The summed E-state index contributed by atoms with van der Waals surface area (Å²) < 4.78 is 139. The van der Waals surface area contributed by atoms with Gasteiger partial charge in [-0.1, -0.05) is 103 Å². The van der Waals surface area contributed by atoms with Gasteiger partial charge >= 0.3 is 0 Å². The molecule has 0 radical (unpaired) electrons. The average Bonchev–Trinajstić information content (AvgIpc) is 3.53. The van der Waals surface area contributed by atoms with Crippen molar-refractivity contribution in [1.29, 1.82) is 0 Å². The van der Waals surface area contributed by atoms with Gasteiger partial charge in [0.15, 0.2) is 0 Å². The number of imidazole rings is 1. The number of hydrogen-bond donors (Lipinski definition) is 0. The highest BCUT2D eigenvalue weighted by atomic mass is 15.1. The third kappa shape index (κ3) is 3.15. The van der Waals surface area contributed by atoms with Crippen LogP contribution in [0, 0.1) is 6.85 Å². The summed E-state index contributed by atoms with van der Waals surface area (Å²) in [6.07, 6.45) is 0. The van der Waals surface area contributed by atoms with Crippen molar-refractivity contribution in [3.05, 3.63) is 133 Å². The van der Waals surface area contributed by atoms with Gasteiger partial charge in [0.1, 0.15) is 5.82 Å². The molecule has 2 heteroatoms. The van der Waals surface area contributed by atoms with E-state index in [1.807, 2.05) is 0 Å². The number of benzene rings is 6. The van der Waals surface area contributed by atoms with Crippen LogP contribution in [0.3, 0.4) is 0 Å². The molecule has 0 aliphatic rings. The molecule has 0 aliphatic carbocycles. The lowest BCUT2D eigenvalue weighted by molar-refractivity contribution is 1.00. The van der Waals surface area contributed by atoms with E-state index in [9.17, 15) is 0 Å². The topological polar surface area (TPSA) is 17.8 Å². The molecule has 0 aliphatic heterocycles. The summed E-state index contributed by atoms with van der Waals surface area (Å²) in [5.41, 5.74) is 0.318. The second kappa shape index (κ2) is 8.21. The van der Waals surface area contributed by atoms with E-state index in [0.717, 1.165) is 0 Å². The maximum absolute atomic E-state index is 9.14. The number of fused-ring (bicyclic) bond motifs is 3. The predicted molar refractivity (Wildman–Crippen MR) is 152 cm³/mol. The first kappa shape index (κ1) is 10.1. The molecular weight excluding hydrogens is 436 g/mol. The summed E-state index contributed by atoms with van der Waals surface area (Å²) >= 11 is 0. The lowest BCUT2D eigenvalue weighted by Gasteiger charge is -2.18. The molecule has 170 valence electrons. The molecule has 0 fully saturated rings. The first-order valence-electron chi connectivity index (χ1n) is 19.0. The Labute approximate surface area is 232 Å². The second-order valence-corrected chi connectivity index (χ2v) is 8.06. The van der Waals surface area contributed by atoms with Crippen LogP contribution < -0.4 is 0 Å². The fraction of sp³-hybridized carbons (Fsp3) is 0.0294. The van der Waals surface area contributed by atoms with Crippen LogP contribution in [0.2, 0.25) is 0 Å². The van der Waals surface area contributed by atoms with Gasteiger partial charge in [-0.2, -0.15) is 0 Å². The summed E-state index contributed by atoms with van der Waals surface area (Å²) in [5, 5.41) is -1.15. The zero-order chi connectivity index (χ0) is 37.9. The molecule has 2 nitrogen and oxygen atoms in total. The standard InChI is InChI=1S/C34H24N2/c1-23-35-31-20-9-10-21-32(31)36(23)26-15-11-14-25(22-26)34-29-18-7-5-16-27(29)33(24-12-3-2-4-13-24)28-17-6-8-19-30(28)34/h2-22H,1H3/i1D3,2D,3D,4D,5D,6D,7D,8D,12D,13D,16D,17D,18D,19D. The SMILES string of the molecule is [2H]c1c([2H])c([2H])c(-c2c3c([2H])c([2H])c([2H])c([2H])c3c(-c3cccc(-n4c(C([2H])([2H])[2H])nc5ccccc54)c3)c3c([2H])c([2H])c([2H])c([2H])c23)c([2H])c1[2H]. The maximum atomic E-state index is 9.14. The Morgan fingerprint density at radius 2 is 1.25 bits per heavy atom. The third-order valence-corrected chi connectivity index (χ3v) is 6.08. The van der Waals surface area contributed by atoms with Crippen LogP contribution >= 0.6 is 0 Å². The Balaban J connectivity index is 1.77. The Morgan fingerprint density at radius 3 is 1.92 bits per heavy atom. The van der Waals surface area contributed by atoms with Crippen molar-refractivity contribution in [2.45, 2.75) is 6.85 Å². The number of rotatable bonds is 3. The smallest absolute Gasteiger partial charge is 0.111 e. The molecule has 7 rings (SSSR count). The van der Waals surface area contributed by atoms with Crippen LogP contribution in [0.15, 0.2) is 127 Å². The molecule has 0 atom stereocenters. The first-order valence-corrected chi connectivity index (χ1v) is 11.0. The van der Waals surface area contributed by atoms with Crippen LogP contribution in [-0.4, -0.2) is 9.55 Å². The van der Waals surface area contributed by atoms with Gasteiger partial charge in [-0.3, -0.25) is 4.57 Å². The van der Waals surface area contributed by atoms with Crippen molar-refractivity contribution in [1.82, 2.24) is 9.55 Å². The van der Waals surface area contributed by atoms with Gasteiger partial charge < -0.3 is 0 Å². The van der Waals surface area contributed by atoms with Gasteiger partial charge in [-0.05, 0) is 74.9 Å². The first-order chi connectivity index (χ1) is 24.4. The molecule has 7 aromatic rings. The molecule has 0 unspecified atom stereocenters. The zero-order valence-electron chi connectivity index (χ0n) is 34.5. The van der Waals surface area contributed by atoms with Gasteiger partial charge in [-0.25, -0.2) is 4.98 Å². The van der Waals surface area contributed by atoms with Crippen LogP contribution in [0.5, 0.6) is 0 Å². The molecule has 1 heterocycles. The van der Waals surface area contributed by atoms with E-state index in [-0.39, 0.29) is 49.7 Å². The summed E-state index contributed by atoms with van der Waals surface area (Å²) in [7, 11) is 0. The van der Waals surface area contributed by atoms with E-state index in [1.54, 1.807) is 42.5 Å². The number of hydrogen-bond acceptors (Lipinski definition) is 1. The van der Waals surface area contributed by atoms with Crippen molar-refractivity contribution in [3.63, 3.8) is 0 Å². The highest BCUT2D eigenvalue weighted by Gasteiger charge is 2.17. The van der Waals surface area contributed by atoms with Gasteiger partial charge in [-0.15, -0.1) is 0 Å². The summed E-state index contributed by atoms with van der Waals surface area (Å²) in [6, 6.07) is 3.83. The van der Waals surface area contributed by atoms with E-state index in [0.29, 0.717) is 11.0 Å². The highest BCUT2D eigenvalue weighted by Crippen LogP contribution is 2.43. The van der Waals surface area contributed by atoms with E-state index in [4.69, 9.17) is 21.9 Å². The normalized spacial score (nSPS) is 18.1. The Morgan fingerprint density at radius 1 is 0.639 bits per heavy atom. The van der Waals surface area contributed by atoms with Crippen molar-refractivity contribution in [3.8, 4) is 27.9 Å². The predicted octanol–water partition coefficient (Wildman–Crippen LogP) is 8.97. The van der Waals surface area contributed by atoms with Gasteiger partial charge in [0.05, 0.1) is 28.9 Å². The number of aromatic nitrogens is 2. The van der Waals surface area contributed by atoms with E-state index >= 15 is 0 Å². The minimum atomic E-state index is -2.67. The molecular formula is C34H24N2. The third-order valence-electron chi connectivity index (χ3n) is 6.08. The molecule has 0 saturated carbocycles. The summed E-state index contributed by atoms with van der Waals surface area (Å²) in [5.74, 6) is -0.263. The lowest BCUT2D eigenvalue weighted by atomic mass is 9.86. The van der Waals surface area contributed by atoms with E-state index < -0.39 is 91.0 Å². The largest absolute Gasteiger partial charge is 0.297 e. The second-order valence-electron chi connectivity index (χ2n) is 8.06. The van der Waals surface area contributed by atoms with Gasteiger partial charge in [0, 0.05) is 9.80 Å². The fourth-order valence-electron chi connectivity index (χ4n) is 4.63. The molecule has 6 aromatic carbocycles. The summed E-state index contributed by atoms with van der Waals surface area (Å²) in [6.45, 7) is -2.67. The lowest BCUT2D eigenvalue weighted by Crippen LogP contribution is -1.97. The Bertz CT molecular complexity index is 2600. The number of aryl methyl sites for hydroxylation is 1. The highest BCUT2D eigenvalue weighted by molar-refractivity contribution is 6.21. The quantitative estimate of drug-likeness (QED) is 0.233. The maximum Gasteiger partial charge on any atom is 0.111 e. The molecule has 0 bridgehead atoms. The summed E-state index contributed by atoms with van der Waals surface area (Å²) in [4.78, 5) is 4.36. The molecule has 0 spiro atoms. The molecule has 0 N–H and O–H groups in total. The average molecular weight is 477 g/mol. The van der Waals surface area contributed by atoms with Crippen molar-refractivity contribution in [2.75, 3.05) is 0 Å². The van der Waals surface area contributed by atoms with Crippen LogP contribution in [0.4, 0.5) is 0 Å². The molecule has 0 saturated heterocycles. The van der Waals surface area contributed by atoms with Crippen LogP contribution in [0.1, 0.15) is 27.8 Å². The van der Waals surface area contributed by atoms with E-state index in [1.165, 1.54) is 10.6 Å². The Kier molecular flexibility index (Phi) is 2.31. The minimum Gasteiger partial charge on any atom is -0.297 e. The van der Waals surface area contributed by atoms with E-state index in [2.05, 4.69) is 4.98 Å². The molecule has 0 amide bonds. The van der Waals surface area contributed by atoms with Crippen LogP contribution in [-0.2, 0) is 0 Å². The zero-order valence-corrected chi connectivity index (χ0v) is 18.5. The van der Waals surface area contributed by atoms with Crippen molar-refractivity contribution < 1.29 is 21.9 Å². The number of nitrogens with zero attached hydrogens (tertiary/aromatic N) is 2. The fourth-order valence-corrected chi connectivity index (χ4v) is 4.63. The van der Waals surface area contributed by atoms with Gasteiger partial charge in [0.25, 0.3) is 0 Å².